The van der Waals surface area contributed by atoms with Gasteiger partial charge in [0, 0.05) is 11.8 Å². The Morgan fingerprint density at radius 2 is 1.20 bits per heavy atom. The standard InChI is InChI=1S/C36H33NO7S/c1-24(38)41-23-30-32(42-21-25-13-5-2-6-14-25)33(43-22-26-15-7-3-8-16-26)31(36(44-30)45-27-17-9-4-10-18-27)37-34(39)28-19-11-12-20-29(28)35(37)40/h2-20,30-33,36H,21-23H2,1H3/t30-,31-,32-,33-,36+/m1/s1. The Labute approximate surface area is 266 Å². The van der Waals surface area contributed by atoms with Gasteiger partial charge >= 0.3 is 5.97 Å². The van der Waals surface area contributed by atoms with E-state index in [1.54, 1.807) is 24.3 Å². The topological polar surface area (TPSA) is 91.4 Å². The molecule has 0 N–H and O–H groups in total. The third-order valence-electron chi connectivity index (χ3n) is 7.76. The Bertz CT molecular complexity index is 1580. The van der Waals surface area contributed by atoms with Crippen LogP contribution in [0.25, 0.3) is 0 Å². The zero-order valence-electron chi connectivity index (χ0n) is 24.7. The number of hydrogen-bond donors (Lipinski definition) is 0. The molecular weight excluding hydrogens is 590 g/mol. The molecule has 0 spiro atoms. The molecule has 0 bridgehead atoms. The summed E-state index contributed by atoms with van der Waals surface area (Å²) >= 11 is 1.38. The summed E-state index contributed by atoms with van der Waals surface area (Å²) < 4.78 is 25.4. The number of thioether (sulfide) groups is 1. The van der Waals surface area contributed by atoms with Crippen molar-refractivity contribution in [2.45, 2.75) is 54.8 Å². The quantitative estimate of drug-likeness (QED) is 0.151. The normalized spacial score (nSPS) is 22.7. The molecule has 4 aromatic rings. The lowest BCUT2D eigenvalue weighted by atomic mass is 9.95. The highest BCUT2D eigenvalue weighted by Crippen LogP contribution is 2.41. The number of benzene rings is 4. The predicted molar refractivity (Wildman–Crippen MR) is 168 cm³/mol. The van der Waals surface area contributed by atoms with E-state index < -0.39 is 47.6 Å². The van der Waals surface area contributed by atoms with Crippen LogP contribution in [0, 0.1) is 0 Å². The molecule has 4 aromatic carbocycles. The second-order valence-electron chi connectivity index (χ2n) is 10.8. The van der Waals surface area contributed by atoms with Crippen LogP contribution in [0.5, 0.6) is 0 Å². The summed E-state index contributed by atoms with van der Waals surface area (Å²) in [4.78, 5) is 42.1. The Balaban J connectivity index is 1.43. The van der Waals surface area contributed by atoms with Crippen molar-refractivity contribution in [2.75, 3.05) is 6.61 Å². The molecule has 0 radical (unpaired) electrons. The number of ether oxygens (including phenoxy) is 4. The maximum absolute atomic E-state index is 14.0. The molecule has 6 rings (SSSR count). The van der Waals surface area contributed by atoms with Gasteiger partial charge in [-0.15, -0.1) is 0 Å². The van der Waals surface area contributed by atoms with Gasteiger partial charge in [0.1, 0.15) is 36.4 Å². The lowest BCUT2D eigenvalue weighted by Crippen LogP contribution is -2.65. The average molecular weight is 624 g/mol. The maximum atomic E-state index is 14.0. The van der Waals surface area contributed by atoms with Gasteiger partial charge in [0.05, 0.1) is 24.3 Å². The first-order valence-electron chi connectivity index (χ1n) is 14.8. The van der Waals surface area contributed by atoms with Gasteiger partial charge in [0.25, 0.3) is 11.8 Å². The van der Waals surface area contributed by atoms with Gasteiger partial charge in [-0.2, -0.15) is 0 Å². The molecule has 0 aromatic heterocycles. The van der Waals surface area contributed by atoms with Crippen molar-refractivity contribution < 1.29 is 33.3 Å². The Morgan fingerprint density at radius 1 is 0.711 bits per heavy atom. The van der Waals surface area contributed by atoms with E-state index in [0.29, 0.717) is 11.1 Å². The zero-order chi connectivity index (χ0) is 31.2. The predicted octanol–water partition coefficient (Wildman–Crippen LogP) is 5.90. The van der Waals surface area contributed by atoms with Crippen LogP contribution in [-0.2, 0) is 37.0 Å². The van der Waals surface area contributed by atoms with Crippen LogP contribution in [0.1, 0.15) is 38.8 Å². The molecule has 1 fully saturated rings. The zero-order valence-corrected chi connectivity index (χ0v) is 25.5. The number of fused-ring (bicyclic) bond motifs is 1. The molecule has 0 aliphatic carbocycles. The third-order valence-corrected chi connectivity index (χ3v) is 8.92. The van der Waals surface area contributed by atoms with Crippen molar-refractivity contribution in [3.05, 3.63) is 138 Å². The van der Waals surface area contributed by atoms with Crippen LogP contribution in [-0.4, -0.2) is 59.1 Å². The Morgan fingerprint density at radius 3 is 1.73 bits per heavy atom. The highest BCUT2D eigenvalue weighted by molar-refractivity contribution is 7.99. The van der Waals surface area contributed by atoms with E-state index in [0.717, 1.165) is 16.0 Å². The molecule has 2 aliphatic rings. The molecule has 0 unspecified atom stereocenters. The van der Waals surface area contributed by atoms with Gasteiger partial charge in [-0.3, -0.25) is 19.3 Å². The second-order valence-corrected chi connectivity index (χ2v) is 12.0. The van der Waals surface area contributed by atoms with Crippen LogP contribution < -0.4 is 0 Å². The summed E-state index contributed by atoms with van der Waals surface area (Å²) in [6.07, 6.45) is -2.41. The average Bonchev–Trinajstić information content (AvgIpc) is 3.32. The van der Waals surface area contributed by atoms with Crippen LogP contribution in [0.4, 0.5) is 0 Å². The minimum Gasteiger partial charge on any atom is -0.463 e. The molecule has 45 heavy (non-hydrogen) atoms. The van der Waals surface area contributed by atoms with E-state index in [-0.39, 0.29) is 19.8 Å². The van der Waals surface area contributed by atoms with Gasteiger partial charge in [-0.1, -0.05) is 103 Å². The molecule has 5 atom stereocenters. The first-order chi connectivity index (χ1) is 22.0. The summed E-state index contributed by atoms with van der Waals surface area (Å²) in [6.45, 7) is 1.64. The number of carbonyl (C=O) groups excluding carboxylic acids is 3. The summed E-state index contributed by atoms with van der Waals surface area (Å²) in [6, 6.07) is 34.8. The molecule has 2 heterocycles. The fourth-order valence-electron chi connectivity index (χ4n) is 5.63. The van der Waals surface area contributed by atoms with Crippen molar-refractivity contribution in [1.29, 1.82) is 0 Å². The summed E-state index contributed by atoms with van der Waals surface area (Å²) in [5.74, 6) is -1.30. The fourth-order valence-corrected chi connectivity index (χ4v) is 6.83. The van der Waals surface area contributed by atoms with E-state index in [1.165, 1.54) is 23.6 Å². The number of rotatable bonds is 11. The van der Waals surface area contributed by atoms with Crippen LogP contribution in [0.2, 0.25) is 0 Å². The van der Waals surface area contributed by atoms with Crippen LogP contribution in [0.15, 0.2) is 120 Å². The molecule has 2 aliphatic heterocycles. The van der Waals surface area contributed by atoms with Gasteiger partial charge < -0.3 is 18.9 Å². The molecule has 2 amide bonds. The minimum absolute atomic E-state index is 0.0966. The summed E-state index contributed by atoms with van der Waals surface area (Å²) in [5, 5.41) is 0. The van der Waals surface area contributed by atoms with Crippen molar-refractivity contribution >= 4 is 29.5 Å². The van der Waals surface area contributed by atoms with Crippen molar-refractivity contribution in [3.63, 3.8) is 0 Å². The molecule has 8 nitrogen and oxygen atoms in total. The van der Waals surface area contributed by atoms with Crippen LogP contribution in [0.3, 0.4) is 0 Å². The first kappa shape index (κ1) is 30.7. The van der Waals surface area contributed by atoms with Gasteiger partial charge in [0.15, 0.2) is 0 Å². The molecule has 0 saturated carbocycles. The number of hydrogen-bond acceptors (Lipinski definition) is 8. The van der Waals surface area contributed by atoms with E-state index in [9.17, 15) is 14.4 Å². The number of esters is 1. The highest BCUT2D eigenvalue weighted by atomic mass is 32.2. The largest absolute Gasteiger partial charge is 0.463 e. The fraction of sp³-hybridized carbons (Fsp3) is 0.250. The van der Waals surface area contributed by atoms with Gasteiger partial charge in [0.2, 0.25) is 0 Å². The molecule has 1 saturated heterocycles. The first-order valence-corrected chi connectivity index (χ1v) is 15.7. The molecule has 9 heteroatoms. The monoisotopic (exact) mass is 623 g/mol. The number of nitrogens with zero attached hydrogens (tertiary/aromatic N) is 1. The van der Waals surface area contributed by atoms with Gasteiger partial charge in [-0.25, -0.2) is 0 Å². The smallest absolute Gasteiger partial charge is 0.302 e. The van der Waals surface area contributed by atoms with Crippen molar-refractivity contribution in [1.82, 2.24) is 4.90 Å². The maximum Gasteiger partial charge on any atom is 0.302 e. The lowest BCUT2D eigenvalue weighted by molar-refractivity contribution is -0.222. The van der Waals surface area contributed by atoms with E-state index in [4.69, 9.17) is 18.9 Å². The van der Waals surface area contributed by atoms with E-state index >= 15 is 0 Å². The highest BCUT2D eigenvalue weighted by Gasteiger charge is 2.55. The number of amides is 2. The lowest BCUT2D eigenvalue weighted by Gasteiger charge is -2.48. The van der Waals surface area contributed by atoms with Crippen molar-refractivity contribution in [2.24, 2.45) is 0 Å². The molecule has 230 valence electrons. The van der Waals surface area contributed by atoms with Crippen LogP contribution >= 0.6 is 11.8 Å². The van der Waals surface area contributed by atoms with E-state index in [1.807, 2.05) is 91.0 Å². The second kappa shape index (κ2) is 14.2. The van der Waals surface area contributed by atoms with E-state index in [2.05, 4.69) is 0 Å². The Kier molecular flexibility index (Phi) is 9.71. The summed E-state index contributed by atoms with van der Waals surface area (Å²) in [7, 11) is 0. The number of carbonyl (C=O) groups is 3. The summed E-state index contributed by atoms with van der Waals surface area (Å²) in [5.41, 5.74) is 1.72. The minimum atomic E-state index is -0.888. The SMILES string of the molecule is CC(=O)OC[C@H]1O[C@@H](Sc2ccccc2)[C@H](N2C(=O)c3ccccc3C2=O)[C@@H](OCc2ccccc2)[C@@H]1OCc1ccccc1. The Hall–Kier alpha value is -4.28. The number of imide groups is 1. The van der Waals surface area contributed by atoms with Gasteiger partial charge in [-0.05, 0) is 35.4 Å². The van der Waals surface area contributed by atoms with Crippen molar-refractivity contribution in [3.8, 4) is 0 Å². The third kappa shape index (κ3) is 7.02. The molecular formula is C36H33NO7S.